The van der Waals surface area contributed by atoms with Crippen molar-refractivity contribution in [1.29, 1.82) is 0 Å². The van der Waals surface area contributed by atoms with Crippen LogP contribution in [0, 0.1) is 6.92 Å². The van der Waals surface area contributed by atoms with E-state index in [1.807, 2.05) is 36.4 Å². The molecule has 2 aromatic heterocycles. The summed E-state index contributed by atoms with van der Waals surface area (Å²) in [6.07, 6.45) is 1.32. The van der Waals surface area contributed by atoms with Crippen LogP contribution >= 0.6 is 11.6 Å². The lowest BCUT2D eigenvalue weighted by molar-refractivity contribution is -0.308. The van der Waals surface area contributed by atoms with Crippen molar-refractivity contribution in [3.05, 3.63) is 105 Å². The Morgan fingerprint density at radius 3 is 2.43 bits per heavy atom. The zero-order valence-electron chi connectivity index (χ0n) is 19.7. The summed E-state index contributed by atoms with van der Waals surface area (Å²) in [6.45, 7) is 1.74. The van der Waals surface area contributed by atoms with Crippen molar-refractivity contribution >= 4 is 45.4 Å². The number of amides is 1. The van der Waals surface area contributed by atoms with Crippen molar-refractivity contribution in [3.8, 4) is 11.1 Å². The first kappa shape index (κ1) is 24.3. The largest absolute Gasteiger partial charge is 0.548 e. The maximum atomic E-state index is 12.8. The fraction of sp³-hybridized carbons (Fsp3) is 0.138. The van der Waals surface area contributed by atoms with E-state index in [0.29, 0.717) is 32.7 Å². The van der Waals surface area contributed by atoms with Gasteiger partial charge < -0.3 is 24.1 Å². The third-order valence-electron chi connectivity index (χ3n) is 6.38. The smallest absolute Gasteiger partial charge is 0.340 e. The number of aryl methyl sites for hydroxylation is 1. The van der Waals surface area contributed by atoms with E-state index in [0.717, 1.165) is 16.5 Å². The normalized spacial score (nSPS) is 12.1. The summed E-state index contributed by atoms with van der Waals surface area (Å²) in [6, 6.07) is 18.6. The molecule has 3 aromatic carbocycles. The molecular weight excluding hydrogens is 494 g/mol. The summed E-state index contributed by atoms with van der Waals surface area (Å²) < 4.78 is 11.2. The molecule has 186 valence electrons. The number of furan rings is 1. The van der Waals surface area contributed by atoms with Crippen LogP contribution in [0.25, 0.3) is 33.1 Å². The minimum absolute atomic E-state index is 0.0112. The number of halogens is 1. The van der Waals surface area contributed by atoms with E-state index in [9.17, 15) is 19.5 Å². The molecule has 37 heavy (non-hydrogen) atoms. The maximum absolute atomic E-state index is 12.8. The van der Waals surface area contributed by atoms with E-state index < -0.39 is 23.5 Å². The molecule has 0 radical (unpaired) electrons. The summed E-state index contributed by atoms with van der Waals surface area (Å²) in [5, 5.41) is 16.1. The van der Waals surface area contributed by atoms with E-state index in [2.05, 4.69) is 5.32 Å². The van der Waals surface area contributed by atoms with Crippen molar-refractivity contribution in [1.82, 2.24) is 5.32 Å². The van der Waals surface area contributed by atoms with Crippen LogP contribution in [-0.4, -0.2) is 17.9 Å². The van der Waals surface area contributed by atoms with Gasteiger partial charge in [-0.05, 0) is 48.2 Å². The molecule has 0 saturated heterocycles. The Kier molecular flexibility index (Phi) is 6.54. The summed E-state index contributed by atoms with van der Waals surface area (Å²) >= 11 is 5.88. The Morgan fingerprint density at radius 2 is 1.73 bits per heavy atom. The summed E-state index contributed by atoms with van der Waals surface area (Å²) in [5.41, 5.74) is 3.49. The van der Waals surface area contributed by atoms with Gasteiger partial charge in [-0.25, -0.2) is 4.79 Å². The van der Waals surface area contributed by atoms with E-state index >= 15 is 0 Å². The Hall–Kier alpha value is -4.36. The molecule has 0 aliphatic heterocycles. The average molecular weight is 515 g/mol. The highest BCUT2D eigenvalue weighted by Crippen LogP contribution is 2.34. The summed E-state index contributed by atoms with van der Waals surface area (Å²) in [5.74, 6) is -2.06. The highest BCUT2D eigenvalue weighted by molar-refractivity contribution is 6.30. The number of hydrogen-bond donors (Lipinski definition) is 1. The molecule has 1 atom stereocenters. The van der Waals surface area contributed by atoms with Crippen LogP contribution in [0.2, 0.25) is 5.02 Å². The quantitative estimate of drug-likeness (QED) is 0.326. The average Bonchev–Trinajstić information content (AvgIpc) is 3.30. The van der Waals surface area contributed by atoms with Gasteiger partial charge in [0.1, 0.15) is 11.2 Å². The monoisotopic (exact) mass is 514 g/mol. The van der Waals surface area contributed by atoms with Gasteiger partial charge in [0.05, 0.1) is 30.3 Å². The van der Waals surface area contributed by atoms with Crippen molar-refractivity contribution in [2.24, 2.45) is 0 Å². The second-order valence-electron chi connectivity index (χ2n) is 8.80. The first-order chi connectivity index (χ1) is 17.8. The molecule has 5 rings (SSSR count). The van der Waals surface area contributed by atoms with Crippen molar-refractivity contribution in [2.45, 2.75) is 25.8 Å². The Bertz CT molecular complexity index is 1690. The number of rotatable bonds is 7. The van der Waals surface area contributed by atoms with E-state index in [1.54, 1.807) is 43.5 Å². The zero-order valence-corrected chi connectivity index (χ0v) is 20.5. The van der Waals surface area contributed by atoms with Crippen LogP contribution in [0.5, 0.6) is 0 Å². The number of carboxylic acid groups (broad SMARTS) is 1. The number of fused-ring (bicyclic) bond motifs is 2. The van der Waals surface area contributed by atoms with Gasteiger partial charge in [-0.15, -0.1) is 0 Å². The summed E-state index contributed by atoms with van der Waals surface area (Å²) in [4.78, 5) is 37.3. The van der Waals surface area contributed by atoms with Gasteiger partial charge in [-0.2, -0.15) is 0 Å². The van der Waals surface area contributed by atoms with Crippen LogP contribution < -0.4 is 16.0 Å². The minimum atomic E-state index is -1.43. The molecule has 1 amide bonds. The van der Waals surface area contributed by atoms with Gasteiger partial charge in [0.25, 0.3) is 0 Å². The number of carbonyl (C=O) groups is 2. The van der Waals surface area contributed by atoms with Crippen LogP contribution in [-0.2, 0) is 22.4 Å². The Morgan fingerprint density at radius 1 is 1.00 bits per heavy atom. The molecule has 0 bridgehead atoms. The topological polar surface area (TPSA) is 113 Å². The molecular formula is C29H21ClNO6-. The fourth-order valence-electron chi connectivity index (χ4n) is 4.41. The van der Waals surface area contributed by atoms with Crippen molar-refractivity contribution in [3.63, 3.8) is 0 Å². The van der Waals surface area contributed by atoms with Gasteiger partial charge >= 0.3 is 5.63 Å². The third-order valence-corrected chi connectivity index (χ3v) is 6.63. The summed E-state index contributed by atoms with van der Waals surface area (Å²) in [7, 11) is 0. The molecule has 0 aliphatic rings. The molecule has 0 spiro atoms. The van der Waals surface area contributed by atoms with E-state index in [4.69, 9.17) is 20.4 Å². The molecule has 7 nitrogen and oxygen atoms in total. The molecule has 8 heteroatoms. The number of carbonyl (C=O) groups excluding carboxylic acids is 2. The van der Waals surface area contributed by atoms with Gasteiger partial charge in [-0.3, -0.25) is 4.79 Å². The first-order valence-electron chi connectivity index (χ1n) is 11.6. The van der Waals surface area contributed by atoms with Gasteiger partial charge in [0, 0.05) is 27.4 Å². The first-order valence-corrected chi connectivity index (χ1v) is 12.0. The number of benzene rings is 3. The van der Waals surface area contributed by atoms with Crippen LogP contribution in [0.1, 0.15) is 16.7 Å². The third kappa shape index (κ3) is 4.99. The molecule has 2 heterocycles. The fourth-order valence-corrected chi connectivity index (χ4v) is 4.54. The predicted molar refractivity (Wildman–Crippen MR) is 138 cm³/mol. The number of hydrogen-bond acceptors (Lipinski definition) is 6. The van der Waals surface area contributed by atoms with E-state index in [-0.39, 0.29) is 18.4 Å². The Labute approximate surface area is 216 Å². The molecule has 0 unspecified atom stereocenters. The standard InChI is InChI=1S/C29H22ClNO6/c1-16-20-12-22-23(18-5-3-2-4-6-18)15-36-25(22)14-26(20)37-29(35)21(16)13-27(32)31-24(28(33)34)11-17-7-9-19(30)10-8-17/h2-10,12,14-15,24H,11,13H2,1H3,(H,31,32)(H,33,34)/p-1/t24-/m1/s1. The van der Waals surface area contributed by atoms with Gasteiger partial charge in [0.15, 0.2) is 0 Å². The molecule has 5 aromatic rings. The molecule has 0 saturated carbocycles. The number of nitrogens with one attached hydrogen (secondary N) is 1. The highest BCUT2D eigenvalue weighted by Gasteiger charge is 2.20. The number of carboxylic acids is 1. The van der Waals surface area contributed by atoms with Crippen LogP contribution in [0.4, 0.5) is 0 Å². The van der Waals surface area contributed by atoms with Crippen LogP contribution in [0.3, 0.4) is 0 Å². The zero-order chi connectivity index (χ0) is 26.1. The maximum Gasteiger partial charge on any atom is 0.340 e. The molecule has 0 aliphatic carbocycles. The molecule has 1 N–H and O–H groups in total. The lowest BCUT2D eigenvalue weighted by Crippen LogP contribution is -2.49. The highest BCUT2D eigenvalue weighted by atomic mass is 35.5. The van der Waals surface area contributed by atoms with E-state index in [1.165, 1.54) is 0 Å². The SMILES string of the molecule is Cc1c(CC(=O)N[C@H](Cc2ccc(Cl)cc2)C(=O)[O-])c(=O)oc2cc3occ(-c4ccccc4)c3cc12. The minimum Gasteiger partial charge on any atom is -0.548 e. The second-order valence-corrected chi connectivity index (χ2v) is 9.24. The second kappa shape index (κ2) is 9.95. The lowest BCUT2D eigenvalue weighted by atomic mass is 9.99. The number of aliphatic carboxylic acids is 1. The van der Waals surface area contributed by atoms with Crippen LogP contribution in [0.15, 0.2) is 86.6 Å². The van der Waals surface area contributed by atoms with Gasteiger partial charge in [0.2, 0.25) is 5.91 Å². The van der Waals surface area contributed by atoms with Gasteiger partial charge in [-0.1, -0.05) is 54.1 Å². The predicted octanol–water partition coefficient (Wildman–Crippen LogP) is 4.19. The van der Waals surface area contributed by atoms with Crippen molar-refractivity contribution in [2.75, 3.05) is 0 Å². The molecule has 0 fully saturated rings. The Balaban J connectivity index is 1.45. The lowest BCUT2D eigenvalue weighted by Gasteiger charge is -2.20. The van der Waals surface area contributed by atoms with Crippen molar-refractivity contribution < 1.29 is 23.5 Å².